The van der Waals surface area contributed by atoms with E-state index in [9.17, 15) is 9.59 Å². The lowest BCUT2D eigenvalue weighted by atomic mass is 9.72. The van der Waals surface area contributed by atoms with Crippen molar-refractivity contribution < 1.29 is 14.3 Å². The molecule has 1 aliphatic carbocycles. The Hall–Kier alpha value is -2.60. The van der Waals surface area contributed by atoms with Gasteiger partial charge in [-0.15, -0.1) is 11.3 Å². The predicted octanol–water partition coefficient (Wildman–Crippen LogP) is 6.62. The lowest BCUT2D eigenvalue weighted by Gasteiger charge is -2.44. The van der Waals surface area contributed by atoms with Crippen LogP contribution in [0.3, 0.4) is 0 Å². The van der Waals surface area contributed by atoms with E-state index in [2.05, 4.69) is 0 Å². The Balaban J connectivity index is 1.68. The highest BCUT2D eigenvalue weighted by Crippen LogP contribution is 2.44. The van der Waals surface area contributed by atoms with Gasteiger partial charge in [-0.1, -0.05) is 47.5 Å². The second kappa shape index (κ2) is 10.1. The van der Waals surface area contributed by atoms with Gasteiger partial charge in [0.2, 0.25) is 0 Å². The molecule has 4 nitrogen and oxygen atoms in total. The fraction of sp³-hybridized carbons (Fsp3) is 0.231. The van der Waals surface area contributed by atoms with Crippen molar-refractivity contribution in [3.05, 3.63) is 92.1 Å². The van der Waals surface area contributed by atoms with Gasteiger partial charge in [0.05, 0.1) is 0 Å². The minimum Gasteiger partial charge on any atom is -0.484 e. The third-order valence-corrected chi connectivity index (χ3v) is 7.35. The number of hydrogen-bond donors (Lipinski definition) is 0. The van der Waals surface area contributed by atoms with Gasteiger partial charge in [-0.3, -0.25) is 9.59 Å². The summed E-state index contributed by atoms with van der Waals surface area (Å²) in [6.45, 7) is -0.207. The Morgan fingerprint density at radius 3 is 2.58 bits per heavy atom. The molecule has 1 amide bonds. The third-order valence-electron chi connectivity index (χ3n) is 5.95. The molecule has 1 heterocycles. The first-order valence-corrected chi connectivity index (χ1v) is 12.2. The number of benzene rings is 2. The third kappa shape index (κ3) is 4.86. The zero-order valence-corrected chi connectivity index (χ0v) is 20.4. The molecule has 0 radical (unpaired) electrons. The number of carbonyl (C=O) groups excluding carboxylic acids is 2. The summed E-state index contributed by atoms with van der Waals surface area (Å²) in [6.07, 6.45) is 3.83. The number of carbonyl (C=O) groups is 2. The summed E-state index contributed by atoms with van der Waals surface area (Å²) >= 11 is 14.1. The summed E-state index contributed by atoms with van der Waals surface area (Å²) < 4.78 is 5.69. The number of likely N-dealkylation sites (N-methyl/N-ethyl adjacent to an activating group) is 1. The number of amides is 1. The highest BCUT2D eigenvalue weighted by molar-refractivity contribution is 7.10. The molecule has 1 aromatic heterocycles. The zero-order chi connectivity index (χ0) is 23.4. The number of nitrogens with zero attached hydrogens (tertiary/aromatic N) is 1. The number of ketones is 1. The molecule has 0 spiro atoms. The van der Waals surface area contributed by atoms with Gasteiger partial charge in [0.15, 0.2) is 12.4 Å². The molecule has 0 aliphatic heterocycles. The van der Waals surface area contributed by atoms with Crippen LogP contribution in [0.5, 0.6) is 5.75 Å². The van der Waals surface area contributed by atoms with Crippen molar-refractivity contribution in [3.63, 3.8) is 0 Å². The van der Waals surface area contributed by atoms with Gasteiger partial charge in [-0.25, -0.2) is 0 Å². The Morgan fingerprint density at radius 1 is 1.12 bits per heavy atom. The van der Waals surface area contributed by atoms with Crippen LogP contribution in [0.15, 0.2) is 71.6 Å². The summed E-state index contributed by atoms with van der Waals surface area (Å²) in [4.78, 5) is 29.8. The molecule has 170 valence electrons. The molecule has 4 rings (SSSR count). The number of Topliss-reactive ketones (excluding diaryl/α,β-unsaturated/α-hetero) is 1. The molecule has 1 atom stereocenters. The minimum absolute atomic E-state index is 0.0995. The van der Waals surface area contributed by atoms with E-state index in [1.54, 1.807) is 48.7 Å². The fourth-order valence-electron chi connectivity index (χ4n) is 4.25. The molecule has 33 heavy (non-hydrogen) atoms. The first kappa shape index (κ1) is 23.6. The molecule has 1 saturated carbocycles. The van der Waals surface area contributed by atoms with Crippen LogP contribution in [0.25, 0.3) is 6.08 Å². The largest absolute Gasteiger partial charge is 0.484 e. The van der Waals surface area contributed by atoms with E-state index in [4.69, 9.17) is 27.9 Å². The van der Waals surface area contributed by atoms with Gasteiger partial charge in [0.25, 0.3) is 5.91 Å². The summed E-state index contributed by atoms with van der Waals surface area (Å²) in [6, 6.07) is 18.0. The SMILES string of the molecule is CN(C(=O)COc1ccc(Cl)cc1)[C@@]1(c2ccccc2Cl)CCC/C(=C\c2cccs2)C1=O. The molecule has 0 bridgehead atoms. The summed E-state index contributed by atoms with van der Waals surface area (Å²) in [7, 11) is 1.66. The number of ether oxygens (including phenoxy) is 1. The number of rotatable bonds is 6. The van der Waals surface area contributed by atoms with E-state index < -0.39 is 5.54 Å². The molecule has 2 aromatic carbocycles. The van der Waals surface area contributed by atoms with E-state index >= 15 is 0 Å². The highest BCUT2D eigenvalue weighted by Gasteiger charge is 2.49. The van der Waals surface area contributed by atoms with Crippen molar-refractivity contribution in [1.82, 2.24) is 4.90 Å². The molecule has 0 N–H and O–H groups in total. The maximum Gasteiger partial charge on any atom is 0.261 e. The minimum atomic E-state index is -1.19. The molecular formula is C26H23Cl2NO3S. The molecule has 0 unspecified atom stereocenters. The van der Waals surface area contributed by atoms with Gasteiger partial charge in [-0.05, 0) is 72.7 Å². The summed E-state index contributed by atoms with van der Waals surface area (Å²) in [5.74, 6) is 0.120. The normalized spacial score (nSPS) is 19.5. The van der Waals surface area contributed by atoms with Gasteiger partial charge >= 0.3 is 0 Å². The summed E-state index contributed by atoms with van der Waals surface area (Å²) in [5.41, 5.74) is 0.137. The molecule has 7 heteroatoms. The second-order valence-corrected chi connectivity index (χ2v) is 9.73. The Bertz CT molecular complexity index is 1170. The van der Waals surface area contributed by atoms with E-state index in [1.807, 2.05) is 41.8 Å². The van der Waals surface area contributed by atoms with Crippen molar-refractivity contribution in [2.75, 3.05) is 13.7 Å². The van der Waals surface area contributed by atoms with Crippen molar-refractivity contribution >= 4 is 52.3 Å². The Kier molecular flexibility index (Phi) is 7.23. The molecule has 1 aliphatic rings. The smallest absolute Gasteiger partial charge is 0.261 e. The second-order valence-electron chi connectivity index (χ2n) is 7.90. The number of halogens is 2. The van der Waals surface area contributed by atoms with Crippen molar-refractivity contribution in [2.45, 2.75) is 24.8 Å². The van der Waals surface area contributed by atoms with Crippen LogP contribution in [0.1, 0.15) is 29.7 Å². The summed E-state index contributed by atoms with van der Waals surface area (Å²) in [5, 5.41) is 3.02. The van der Waals surface area contributed by atoms with E-state index in [0.717, 1.165) is 11.3 Å². The molecular weight excluding hydrogens is 477 g/mol. The van der Waals surface area contributed by atoms with E-state index in [0.29, 0.717) is 39.8 Å². The lowest BCUT2D eigenvalue weighted by Crippen LogP contribution is -2.56. The zero-order valence-electron chi connectivity index (χ0n) is 18.1. The van der Waals surface area contributed by atoms with Crippen molar-refractivity contribution in [2.24, 2.45) is 0 Å². The van der Waals surface area contributed by atoms with E-state index in [-0.39, 0.29) is 18.3 Å². The Morgan fingerprint density at radius 2 is 1.88 bits per heavy atom. The fourth-order valence-corrected chi connectivity index (χ4v) is 5.35. The van der Waals surface area contributed by atoms with Gasteiger partial charge < -0.3 is 9.64 Å². The first-order chi connectivity index (χ1) is 15.9. The van der Waals surface area contributed by atoms with Gasteiger partial charge in [0.1, 0.15) is 11.3 Å². The van der Waals surface area contributed by atoms with E-state index in [1.165, 1.54) is 4.90 Å². The quantitative estimate of drug-likeness (QED) is 0.357. The Labute approximate surface area is 207 Å². The average molecular weight is 500 g/mol. The lowest BCUT2D eigenvalue weighted by molar-refractivity contribution is -0.147. The first-order valence-electron chi connectivity index (χ1n) is 10.6. The maximum absolute atomic E-state index is 14.0. The van der Waals surface area contributed by atoms with Crippen LogP contribution in [0.2, 0.25) is 10.0 Å². The predicted molar refractivity (Wildman–Crippen MR) is 134 cm³/mol. The van der Waals surface area contributed by atoms with Gasteiger partial charge in [0, 0.05) is 27.5 Å². The van der Waals surface area contributed by atoms with Crippen LogP contribution < -0.4 is 4.74 Å². The van der Waals surface area contributed by atoms with Crippen LogP contribution in [0, 0.1) is 0 Å². The molecule has 0 saturated heterocycles. The monoisotopic (exact) mass is 499 g/mol. The standard InChI is InChI=1S/C26H23Cl2NO3S/c1-29(24(30)17-32-20-12-10-19(27)11-13-20)26(22-8-2-3-9-23(22)28)14-4-6-18(25(26)31)16-21-7-5-15-33-21/h2-3,5,7-13,15-16H,4,6,14,17H2,1H3/b18-16+/t26-/m1/s1. The van der Waals surface area contributed by atoms with Crippen LogP contribution in [0.4, 0.5) is 0 Å². The topological polar surface area (TPSA) is 46.6 Å². The van der Waals surface area contributed by atoms with Crippen molar-refractivity contribution in [3.8, 4) is 5.75 Å². The van der Waals surface area contributed by atoms with Crippen LogP contribution in [-0.4, -0.2) is 30.2 Å². The van der Waals surface area contributed by atoms with Crippen molar-refractivity contribution in [1.29, 1.82) is 0 Å². The molecule has 1 fully saturated rings. The number of thiophene rings is 1. The van der Waals surface area contributed by atoms with Crippen LogP contribution in [-0.2, 0) is 15.1 Å². The average Bonchev–Trinajstić information content (AvgIpc) is 3.33. The number of hydrogen-bond acceptors (Lipinski definition) is 4. The van der Waals surface area contributed by atoms with Crippen LogP contribution >= 0.6 is 34.5 Å². The molecule has 3 aromatic rings. The maximum atomic E-state index is 14.0. The van der Waals surface area contributed by atoms with Gasteiger partial charge in [-0.2, -0.15) is 0 Å². The highest BCUT2D eigenvalue weighted by atomic mass is 35.5.